The van der Waals surface area contributed by atoms with Crippen LogP contribution in [0.2, 0.25) is 0 Å². The second-order valence-corrected chi connectivity index (χ2v) is 6.36. The van der Waals surface area contributed by atoms with Crippen LogP contribution in [-0.2, 0) is 16.6 Å². The normalized spacial score (nSPS) is 16.5. The molecule has 1 fully saturated rings. The lowest BCUT2D eigenvalue weighted by Crippen LogP contribution is -2.28. The second kappa shape index (κ2) is 5.77. The van der Waals surface area contributed by atoms with Crippen LogP contribution in [0.25, 0.3) is 0 Å². The summed E-state index contributed by atoms with van der Waals surface area (Å²) in [4.78, 5) is 3.84. The van der Waals surface area contributed by atoms with E-state index in [9.17, 15) is 8.42 Å². The lowest BCUT2D eigenvalue weighted by molar-refractivity contribution is 0.281. The van der Waals surface area contributed by atoms with Crippen molar-refractivity contribution in [1.82, 2.24) is 9.71 Å². The van der Waals surface area contributed by atoms with Gasteiger partial charge in [-0.25, -0.2) is 18.1 Å². The summed E-state index contributed by atoms with van der Waals surface area (Å²) in [6.45, 7) is 0.332. The molecular formula is C12H18N2O3S. The predicted molar refractivity (Wildman–Crippen MR) is 67.3 cm³/mol. The van der Waals surface area contributed by atoms with Crippen LogP contribution in [-0.4, -0.2) is 25.1 Å². The fourth-order valence-electron chi connectivity index (χ4n) is 1.92. The minimum Gasteiger partial charge on any atom is -0.392 e. The van der Waals surface area contributed by atoms with Gasteiger partial charge in [0.05, 0.1) is 6.61 Å². The van der Waals surface area contributed by atoms with E-state index in [0.717, 1.165) is 6.42 Å². The average molecular weight is 270 g/mol. The molecule has 6 heteroatoms. The van der Waals surface area contributed by atoms with Crippen molar-refractivity contribution in [2.24, 2.45) is 5.92 Å². The van der Waals surface area contributed by atoms with Gasteiger partial charge >= 0.3 is 0 Å². The van der Waals surface area contributed by atoms with Crippen LogP contribution in [0.4, 0.5) is 0 Å². The Kier molecular flexibility index (Phi) is 4.31. The Bertz CT molecular complexity index is 481. The van der Waals surface area contributed by atoms with Gasteiger partial charge in [-0.2, -0.15) is 0 Å². The Labute approximate surface area is 107 Å². The Morgan fingerprint density at radius 1 is 1.39 bits per heavy atom. The van der Waals surface area contributed by atoms with Crippen molar-refractivity contribution >= 4 is 10.0 Å². The van der Waals surface area contributed by atoms with Gasteiger partial charge < -0.3 is 5.11 Å². The number of rotatable bonds is 6. The van der Waals surface area contributed by atoms with Gasteiger partial charge in [-0.05, 0) is 24.0 Å². The summed E-state index contributed by atoms with van der Waals surface area (Å²) >= 11 is 0. The topological polar surface area (TPSA) is 79.3 Å². The van der Waals surface area contributed by atoms with Crippen LogP contribution < -0.4 is 4.72 Å². The highest BCUT2D eigenvalue weighted by Gasteiger charge is 2.19. The maximum absolute atomic E-state index is 11.9. The second-order valence-electron chi connectivity index (χ2n) is 4.65. The summed E-state index contributed by atoms with van der Waals surface area (Å²) in [5.41, 5.74) is 0.600. The molecule has 5 nitrogen and oxygen atoms in total. The molecule has 1 aromatic rings. The summed E-state index contributed by atoms with van der Waals surface area (Å²) in [5.74, 6) is 0.678. The molecule has 0 saturated heterocycles. The van der Waals surface area contributed by atoms with Crippen molar-refractivity contribution in [3.63, 3.8) is 0 Å². The number of hydrogen-bond acceptors (Lipinski definition) is 4. The summed E-state index contributed by atoms with van der Waals surface area (Å²) in [6.07, 6.45) is 5.96. The molecule has 1 aliphatic rings. The smallest absolute Gasteiger partial charge is 0.258 e. The molecule has 1 heterocycles. The van der Waals surface area contributed by atoms with E-state index in [2.05, 4.69) is 9.71 Å². The van der Waals surface area contributed by atoms with E-state index in [-0.39, 0.29) is 11.6 Å². The van der Waals surface area contributed by atoms with E-state index >= 15 is 0 Å². The molecule has 0 unspecified atom stereocenters. The quantitative estimate of drug-likeness (QED) is 0.809. The predicted octanol–water partition coefficient (Wildman–Crippen LogP) is 1.04. The van der Waals surface area contributed by atoms with E-state index in [0.29, 0.717) is 18.0 Å². The van der Waals surface area contributed by atoms with E-state index < -0.39 is 10.0 Å². The van der Waals surface area contributed by atoms with Crippen LogP contribution in [0, 0.1) is 5.92 Å². The molecule has 2 rings (SSSR count). The number of sulfonamides is 1. The van der Waals surface area contributed by atoms with Crippen LogP contribution in [0.3, 0.4) is 0 Å². The van der Waals surface area contributed by atoms with E-state index in [1.165, 1.54) is 31.5 Å². The fourth-order valence-corrected chi connectivity index (χ4v) is 2.89. The molecule has 0 amide bonds. The first kappa shape index (κ1) is 13.5. The Morgan fingerprint density at radius 3 is 2.67 bits per heavy atom. The van der Waals surface area contributed by atoms with Gasteiger partial charge in [0, 0.05) is 12.7 Å². The number of nitrogens with zero attached hydrogens (tertiary/aromatic N) is 1. The van der Waals surface area contributed by atoms with Crippen LogP contribution in [0.15, 0.2) is 23.4 Å². The van der Waals surface area contributed by atoms with Gasteiger partial charge in [0.15, 0.2) is 5.03 Å². The van der Waals surface area contributed by atoms with Gasteiger partial charge in [0.25, 0.3) is 10.0 Å². The summed E-state index contributed by atoms with van der Waals surface area (Å²) in [5, 5.41) is 8.87. The van der Waals surface area contributed by atoms with Crippen molar-refractivity contribution in [1.29, 1.82) is 0 Å². The zero-order valence-corrected chi connectivity index (χ0v) is 11.0. The average Bonchev–Trinajstić information content (AvgIpc) is 2.32. The third kappa shape index (κ3) is 3.28. The minimum absolute atomic E-state index is 0.00769. The van der Waals surface area contributed by atoms with Gasteiger partial charge in [-0.15, -0.1) is 0 Å². The largest absolute Gasteiger partial charge is 0.392 e. The lowest BCUT2D eigenvalue weighted by atomic mass is 9.83. The van der Waals surface area contributed by atoms with Crippen molar-refractivity contribution in [2.45, 2.75) is 37.3 Å². The van der Waals surface area contributed by atoms with Crippen LogP contribution >= 0.6 is 0 Å². The van der Waals surface area contributed by atoms with Crippen molar-refractivity contribution in [2.75, 3.05) is 6.54 Å². The SMILES string of the molecule is O=S(=O)(NCCC1CCC1)c1ccc(CO)cn1. The number of nitrogens with one attached hydrogen (secondary N) is 1. The van der Waals surface area contributed by atoms with Gasteiger partial charge in [-0.3, -0.25) is 0 Å². The molecule has 1 aliphatic carbocycles. The van der Waals surface area contributed by atoms with E-state index in [1.807, 2.05) is 0 Å². The molecule has 100 valence electrons. The molecule has 1 aromatic heterocycles. The monoisotopic (exact) mass is 270 g/mol. The molecule has 0 aliphatic heterocycles. The molecule has 2 N–H and O–H groups in total. The molecule has 0 spiro atoms. The molecule has 18 heavy (non-hydrogen) atoms. The first-order chi connectivity index (χ1) is 8.62. The summed E-state index contributed by atoms with van der Waals surface area (Å²) < 4.78 is 26.3. The number of aliphatic hydroxyl groups excluding tert-OH is 1. The third-order valence-corrected chi connectivity index (χ3v) is 4.70. The van der Waals surface area contributed by atoms with Crippen LogP contribution in [0.5, 0.6) is 0 Å². The summed E-state index contributed by atoms with van der Waals surface area (Å²) in [6, 6.07) is 2.98. The third-order valence-electron chi connectivity index (χ3n) is 3.32. The highest BCUT2D eigenvalue weighted by atomic mass is 32.2. The zero-order chi connectivity index (χ0) is 13.0. The minimum atomic E-state index is -3.51. The first-order valence-electron chi connectivity index (χ1n) is 6.17. The Balaban J connectivity index is 1.91. The highest BCUT2D eigenvalue weighted by molar-refractivity contribution is 7.89. The number of hydrogen-bond donors (Lipinski definition) is 2. The van der Waals surface area contributed by atoms with Crippen molar-refractivity contribution in [3.05, 3.63) is 23.9 Å². The Morgan fingerprint density at radius 2 is 2.17 bits per heavy atom. The number of pyridine rings is 1. The molecule has 1 saturated carbocycles. The maximum atomic E-state index is 11.9. The molecule has 0 radical (unpaired) electrons. The standard InChI is InChI=1S/C12H18N2O3S/c15-9-11-4-5-12(13-8-11)18(16,17)14-7-6-10-2-1-3-10/h4-5,8,10,14-15H,1-3,6-7,9H2. The van der Waals surface area contributed by atoms with E-state index in [4.69, 9.17) is 5.11 Å². The fraction of sp³-hybridized carbons (Fsp3) is 0.583. The Hall–Kier alpha value is -0.980. The molecule has 0 aromatic carbocycles. The van der Waals surface area contributed by atoms with Gasteiger partial charge in [0.2, 0.25) is 0 Å². The zero-order valence-electron chi connectivity index (χ0n) is 10.2. The molecule has 0 atom stereocenters. The van der Waals surface area contributed by atoms with Crippen molar-refractivity contribution in [3.8, 4) is 0 Å². The highest BCUT2D eigenvalue weighted by Crippen LogP contribution is 2.28. The number of aromatic nitrogens is 1. The summed E-state index contributed by atoms with van der Waals surface area (Å²) in [7, 11) is -3.51. The van der Waals surface area contributed by atoms with E-state index in [1.54, 1.807) is 6.07 Å². The van der Waals surface area contributed by atoms with Gasteiger partial charge in [0.1, 0.15) is 0 Å². The molecule has 0 bridgehead atoms. The lowest BCUT2D eigenvalue weighted by Gasteiger charge is -2.24. The maximum Gasteiger partial charge on any atom is 0.258 e. The number of aliphatic hydroxyl groups is 1. The van der Waals surface area contributed by atoms with Crippen LogP contribution in [0.1, 0.15) is 31.2 Å². The molecular weight excluding hydrogens is 252 g/mol. The first-order valence-corrected chi connectivity index (χ1v) is 7.65. The van der Waals surface area contributed by atoms with Gasteiger partial charge in [-0.1, -0.05) is 25.3 Å². The van der Waals surface area contributed by atoms with Crippen molar-refractivity contribution < 1.29 is 13.5 Å².